The van der Waals surface area contributed by atoms with E-state index in [0.717, 1.165) is 18.7 Å². The van der Waals surface area contributed by atoms with Crippen LogP contribution in [0.5, 0.6) is 5.75 Å². The first-order chi connectivity index (χ1) is 14.9. The Kier molecular flexibility index (Phi) is 9.26. The van der Waals surface area contributed by atoms with Gasteiger partial charge in [-0.3, -0.25) is 0 Å². The van der Waals surface area contributed by atoms with Crippen molar-refractivity contribution in [2.24, 2.45) is 0 Å². The average Bonchev–Trinajstić information content (AvgIpc) is 2.76. The van der Waals surface area contributed by atoms with Crippen LogP contribution in [-0.2, 0) is 9.59 Å². The van der Waals surface area contributed by atoms with Gasteiger partial charge in [0.2, 0.25) is 0 Å². The molecule has 0 radical (unpaired) electrons. The molecule has 2 N–H and O–H groups in total. The van der Waals surface area contributed by atoms with E-state index in [9.17, 15) is 9.59 Å². The third kappa shape index (κ3) is 8.32. The van der Waals surface area contributed by atoms with Gasteiger partial charge in [-0.15, -0.1) is 0 Å². The molecule has 0 saturated heterocycles. The van der Waals surface area contributed by atoms with Crippen molar-refractivity contribution in [3.8, 4) is 5.75 Å². The van der Waals surface area contributed by atoms with Crippen molar-refractivity contribution in [2.45, 2.75) is 12.5 Å². The van der Waals surface area contributed by atoms with Crippen molar-refractivity contribution in [3.63, 3.8) is 0 Å². The van der Waals surface area contributed by atoms with Crippen molar-refractivity contribution in [3.05, 3.63) is 90.5 Å². The molecule has 6 heteroatoms. The summed E-state index contributed by atoms with van der Waals surface area (Å²) in [4.78, 5) is 21.3. The molecule has 31 heavy (non-hydrogen) atoms. The fourth-order valence-corrected chi connectivity index (χ4v) is 2.93. The number of nitrogens with zero attached hydrogens (tertiary/aromatic N) is 1. The molecule has 0 aliphatic carbocycles. The largest absolute Gasteiger partial charge is 0.485 e. The van der Waals surface area contributed by atoms with Gasteiger partial charge in [0.15, 0.2) is 0 Å². The molecule has 3 rings (SSSR count). The molecule has 0 aliphatic rings. The number of carboxylic acids is 2. The van der Waals surface area contributed by atoms with Crippen molar-refractivity contribution >= 4 is 22.7 Å². The van der Waals surface area contributed by atoms with Gasteiger partial charge < -0.3 is 19.8 Å². The van der Waals surface area contributed by atoms with E-state index in [4.69, 9.17) is 14.9 Å². The minimum atomic E-state index is -1.26. The molecule has 0 saturated carbocycles. The Labute approximate surface area is 182 Å². The molecule has 0 aromatic heterocycles. The molecule has 0 heterocycles. The van der Waals surface area contributed by atoms with Gasteiger partial charge in [0, 0.05) is 30.5 Å². The van der Waals surface area contributed by atoms with E-state index in [-0.39, 0.29) is 6.10 Å². The van der Waals surface area contributed by atoms with E-state index in [1.165, 1.54) is 16.3 Å². The average molecular weight is 421 g/mol. The second-order valence-corrected chi connectivity index (χ2v) is 7.10. The summed E-state index contributed by atoms with van der Waals surface area (Å²) in [6, 6.07) is 25.1. The molecular weight excluding hydrogens is 394 g/mol. The molecule has 0 bridgehead atoms. The smallest absolute Gasteiger partial charge is 0.328 e. The molecule has 1 unspecified atom stereocenters. The molecule has 0 spiro atoms. The van der Waals surface area contributed by atoms with Crippen molar-refractivity contribution in [1.29, 1.82) is 0 Å². The van der Waals surface area contributed by atoms with Crippen LogP contribution >= 0.6 is 0 Å². The minimum absolute atomic E-state index is 0.0596. The summed E-state index contributed by atoms with van der Waals surface area (Å²) >= 11 is 0. The van der Waals surface area contributed by atoms with Gasteiger partial charge in [0.1, 0.15) is 11.9 Å². The van der Waals surface area contributed by atoms with Gasteiger partial charge in [-0.2, -0.15) is 0 Å². The molecule has 1 atom stereocenters. The third-order valence-electron chi connectivity index (χ3n) is 4.40. The number of fused-ring (bicyclic) bond motifs is 1. The fraction of sp³-hybridized carbons (Fsp3) is 0.200. The van der Waals surface area contributed by atoms with Gasteiger partial charge in [-0.05, 0) is 31.1 Å². The maximum atomic E-state index is 9.55. The van der Waals surface area contributed by atoms with E-state index in [1.54, 1.807) is 0 Å². The van der Waals surface area contributed by atoms with Crippen LogP contribution in [0.1, 0.15) is 18.1 Å². The Hall–Kier alpha value is -3.64. The highest BCUT2D eigenvalue weighted by Crippen LogP contribution is 2.31. The van der Waals surface area contributed by atoms with Crippen molar-refractivity contribution < 1.29 is 24.5 Å². The lowest BCUT2D eigenvalue weighted by atomic mass is 10.1. The molecule has 162 valence electrons. The van der Waals surface area contributed by atoms with Crippen LogP contribution < -0.4 is 4.74 Å². The zero-order valence-electron chi connectivity index (χ0n) is 17.6. The summed E-state index contributed by atoms with van der Waals surface area (Å²) < 4.78 is 6.44. The molecular formula is C25H27NO5. The summed E-state index contributed by atoms with van der Waals surface area (Å²) in [6.07, 6.45) is 2.13. The van der Waals surface area contributed by atoms with Crippen LogP contribution in [0, 0.1) is 0 Å². The number of aliphatic carboxylic acids is 2. The summed E-state index contributed by atoms with van der Waals surface area (Å²) in [7, 11) is 4.19. The normalized spacial score (nSPS) is 11.7. The van der Waals surface area contributed by atoms with E-state index in [0.29, 0.717) is 12.2 Å². The number of ether oxygens (including phenoxy) is 1. The fourth-order valence-electron chi connectivity index (χ4n) is 2.93. The summed E-state index contributed by atoms with van der Waals surface area (Å²) in [5.74, 6) is -1.56. The summed E-state index contributed by atoms with van der Waals surface area (Å²) in [6.45, 7) is 0.990. The number of carboxylic acid groups (broad SMARTS) is 2. The molecule has 3 aromatic rings. The zero-order chi connectivity index (χ0) is 22.6. The van der Waals surface area contributed by atoms with Gasteiger partial charge in [0.25, 0.3) is 0 Å². The molecule has 3 aromatic carbocycles. The second-order valence-electron chi connectivity index (χ2n) is 7.10. The highest BCUT2D eigenvalue weighted by molar-refractivity contribution is 5.89. The third-order valence-corrected chi connectivity index (χ3v) is 4.40. The van der Waals surface area contributed by atoms with Gasteiger partial charge in [0.05, 0.1) is 0 Å². The Morgan fingerprint density at radius 2 is 1.45 bits per heavy atom. The van der Waals surface area contributed by atoms with E-state index in [1.807, 2.05) is 6.07 Å². The Morgan fingerprint density at radius 1 is 0.871 bits per heavy atom. The number of hydrogen-bond donors (Lipinski definition) is 2. The van der Waals surface area contributed by atoms with Crippen LogP contribution in [0.4, 0.5) is 0 Å². The number of hydrogen-bond acceptors (Lipinski definition) is 4. The zero-order valence-corrected chi connectivity index (χ0v) is 17.6. The molecule has 0 aliphatic heterocycles. The standard InChI is InChI=1S/C21H23NO.C4H4O4/c1-22(2)16-15-20(18-10-4-3-5-11-18)23-21-14-8-12-17-9-6-7-13-19(17)21;5-3(6)1-2-4(7)8/h3-14,20H,15-16H2,1-2H3;1-2H,(H,5,6)(H,7,8)/b;2-1-. The second kappa shape index (κ2) is 12.1. The van der Waals surface area contributed by atoms with E-state index in [2.05, 4.69) is 85.7 Å². The highest BCUT2D eigenvalue weighted by Gasteiger charge is 2.15. The van der Waals surface area contributed by atoms with Gasteiger partial charge >= 0.3 is 11.9 Å². The van der Waals surface area contributed by atoms with E-state index >= 15 is 0 Å². The Morgan fingerprint density at radius 3 is 2.06 bits per heavy atom. The lowest BCUT2D eigenvalue weighted by Gasteiger charge is -2.22. The van der Waals surface area contributed by atoms with Crippen LogP contribution in [0.3, 0.4) is 0 Å². The molecule has 6 nitrogen and oxygen atoms in total. The lowest BCUT2D eigenvalue weighted by Crippen LogP contribution is -2.18. The van der Waals surface area contributed by atoms with Crippen LogP contribution in [-0.4, -0.2) is 47.7 Å². The molecule has 0 fully saturated rings. The van der Waals surface area contributed by atoms with Crippen LogP contribution in [0.2, 0.25) is 0 Å². The first-order valence-electron chi connectivity index (χ1n) is 9.85. The van der Waals surface area contributed by atoms with Crippen LogP contribution in [0.15, 0.2) is 84.9 Å². The van der Waals surface area contributed by atoms with E-state index < -0.39 is 11.9 Å². The maximum absolute atomic E-state index is 9.55. The van der Waals surface area contributed by atoms with Crippen molar-refractivity contribution in [2.75, 3.05) is 20.6 Å². The summed E-state index contributed by atoms with van der Waals surface area (Å²) in [5, 5.41) is 18.0. The van der Waals surface area contributed by atoms with Gasteiger partial charge in [-0.25, -0.2) is 9.59 Å². The SMILES string of the molecule is CN(C)CCC(Oc1cccc2ccccc12)c1ccccc1.O=C(O)/C=C\C(=O)O. The first-order valence-corrected chi connectivity index (χ1v) is 9.85. The van der Waals surface area contributed by atoms with Gasteiger partial charge in [-0.1, -0.05) is 66.7 Å². The topological polar surface area (TPSA) is 87.1 Å². The quantitative estimate of drug-likeness (QED) is 0.516. The summed E-state index contributed by atoms with van der Waals surface area (Å²) in [5.41, 5.74) is 1.22. The highest BCUT2D eigenvalue weighted by atomic mass is 16.5. The first kappa shape index (κ1) is 23.6. The minimum Gasteiger partial charge on any atom is -0.485 e. The monoisotopic (exact) mass is 421 g/mol. The Balaban J connectivity index is 0.000000366. The lowest BCUT2D eigenvalue weighted by molar-refractivity contribution is -0.134. The molecule has 0 amide bonds. The van der Waals surface area contributed by atoms with Crippen LogP contribution in [0.25, 0.3) is 10.8 Å². The van der Waals surface area contributed by atoms with Crippen molar-refractivity contribution in [1.82, 2.24) is 4.90 Å². The predicted octanol–water partition coefficient (Wildman–Crippen LogP) is 4.62. The maximum Gasteiger partial charge on any atom is 0.328 e. The number of carbonyl (C=O) groups is 2. The predicted molar refractivity (Wildman–Crippen MR) is 121 cm³/mol. The Bertz CT molecular complexity index is 993. The number of benzene rings is 3. The number of rotatable bonds is 8.